The Balaban J connectivity index is 1.61. The molecule has 2 N–H and O–H groups in total. The van der Waals surface area contributed by atoms with Gasteiger partial charge in [-0.3, -0.25) is 4.79 Å². The maximum atomic E-state index is 11.9. The first-order valence-corrected chi connectivity index (χ1v) is 8.18. The van der Waals surface area contributed by atoms with E-state index in [9.17, 15) is 4.79 Å². The van der Waals surface area contributed by atoms with Gasteiger partial charge < -0.3 is 15.2 Å². The number of aromatic nitrogens is 4. The molecule has 3 aromatic rings. The summed E-state index contributed by atoms with van der Waals surface area (Å²) in [5, 5.41) is 8.34. The van der Waals surface area contributed by atoms with E-state index in [0.29, 0.717) is 42.6 Å². The average molecular weight is 338 g/mol. The fraction of sp³-hybridized carbons (Fsp3) is 0.294. The zero-order chi connectivity index (χ0) is 17.4. The van der Waals surface area contributed by atoms with E-state index in [0.717, 1.165) is 5.69 Å². The van der Waals surface area contributed by atoms with Crippen LogP contribution in [0.15, 0.2) is 41.1 Å². The predicted octanol–water partition coefficient (Wildman–Crippen LogP) is 1.84. The number of nitrogen functional groups attached to an aromatic ring is 1. The van der Waals surface area contributed by atoms with Gasteiger partial charge in [-0.05, 0) is 19.1 Å². The number of amides is 1. The van der Waals surface area contributed by atoms with E-state index in [4.69, 9.17) is 10.3 Å². The molecule has 2 aromatic heterocycles. The van der Waals surface area contributed by atoms with Crippen molar-refractivity contribution in [2.45, 2.75) is 19.3 Å². The highest BCUT2D eigenvalue weighted by Gasteiger charge is 2.33. The van der Waals surface area contributed by atoms with Crippen molar-refractivity contribution >= 4 is 11.7 Å². The molecule has 4 rings (SSSR count). The number of hydrogen-bond donors (Lipinski definition) is 1. The topological polar surface area (TPSA) is 103 Å². The summed E-state index contributed by atoms with van der Waals surface area (Å²) in [6.45, 7) is 3.25. The second-order valence-electron chi connectivity index (χ2n) is 5.98. The van der Waals surface area contributed by atoms with Crippen molar-refractivity contribution in [1.29, 1.82) is 0 Å². The molecular formula is C17H18N6O2. The number of anilines is 1. The Morgan fingerprint density at radius 1 is 1.32 bits per heavy atom. The molecule has 3 heterocycles. The lowest BCUT2D eigenvalue weighted by Crippen LogP contribution is -2.24. The third-order valence-corrected chi connectivity index (χ3v) is 4.44. The number of likely N-dealkylation sites (tertiary alicyclic amines) is 1. The number of carbonyl (C=O) groups excluding carboxylic acids is 1. The van der Waals surface area contributed by atoms with Gasteiger partial charge in [-0.25, -0.2) is 4.68 Å². The molecule has 25 heavy (non-hydrogen) atoms. The molecule has 1 fully saturated rings. The van der Waals surface area contributed by atoms with Crippen LogP contribution < -0.4 is 5.73 Å². The maximum absolute atomic E-state index is 11.9. The first-order valence-electron chi connectivity index (χ1n) is 8.18. The van der Waals surface area contributed by atoms with Gasteiger partial charge >= 0.3 is 0 Å². The largest absolute Gasteiger partial charge is 0.383 e. The van der Waals surface area contributed by atoms with Gasteiger partial charge in [-0.15, -0.1) is 0 Å². The Bertz CT molecular complexity index is 901. The predicted molar refractivity (Wildman–Crippen MR) is 90.9 cm³/mol. The SMILES string of the molecule is CCN1CC(c2nc(-c3cnn(-c4ccccc4)c3N)no2)CC1=O. The zero-order valence-electron chi connectivity index (χ0n) is 13.8. The molecule has 0 spiro atoms. The van der Waals surface area contributed by atoms with E-state index in [-0.39, 0.29) is 11.8 Å². The summed E-state index contributed by atoms with van der Waals surface area (Å²) < 4.78 is 7.01. The maximum Gasteiger partial charge on any atom is 0.232 e. The van der Waals surface area contributed by atoms with Crippen LogP contribution >= 0.6 is 0 Å². The van der Waals surface area contributed by atoms with Crippen LogP contribution in [0.1, 0.15) is 25.2 Å². The van der Waals surface area contributed by atoms with E-state index in [1.165, 1.54) is 0 Å². The lowest BCUT2D eigenvalue weighted by atomic mass is 10.1. The van der Waals surface area contributed by atoms with Crippen LogP contribution in [-0.2, 0) is 4.79 Å². The summed E-state index contributed by atoms with van der Waals surface area (Å²) in [5.74, 6) is 1.34. The Morgan fingerprint density at radius 2 is 2.12 bits per heavy atom. The van der Waals surface area contributed by atoms with Crippen LogP contribution in [0.4, 0.5) is 5.82 Å². The first-order chi connectivity index (χ1) is 12.2. The Morgan fingerprint density at radius 3 is 2.84 bits per heavy atom. The number of hydrogen-bond acceptors (Lipinski definition) is 6. The standard InChI is InChI=1S/C17H18N6O2/c1-2-22-10-11(8-14(22)24)17-20-16(21-25-17)13-9-19-23(15(13)18)12-6-4-3-5-7-12/h3-7,9,11H,2,8,10,18H2,1H3. The third-order valence-electron chi connectivity index (χ3n) is 4.44. The lowest BCUT2D eigenvalue weighted by Gasteiger charge is -2.11. The summed E-state index contributed by atoms with van der Waals surface area (Å²) in [6.07, 6.45) is 2.02. The highest BCUT2D eigenvalue weighted by Crippen LogP contribution is 2.30. The number of para-hydroxylation sites is 1. The third kappa shape index (κ3) is 2.65. The molecule has 1 aliphatic heterocycles. The molecule has 8 nitrogen and oxygen atoms in total. The molecule has 0 radical (unpaired) electrons. The highest BCUT2D eigenvalue weighted by atomic mass is 16.5. The molecule has 0 bridgehead atoms. The number of nitrogens with two attached hydrogens (primary N) is 1. The monoisotopic (exact) mass is 338 g/mol. The Labute approximate surface area is 144 Å². The number of likely N-dealkylation sites (N-methyl/N-ethyl adjacent to an activating group) is 1. The fourth-order valence-electron chi connectivity index (χ4n) is 3.06. The molecule has 0 saturated carbocycles. The lowest BCUT2D eigenvalue weighted by molar-refractivity contribution is -0.127. The Hall–Kier alpha value is -3.16. The summed E-state index contributed by atoms with van der Waals surface area (Å²) >= 11 is 0. The van der Waals surface area contributed by atoms with Gasteiger partial charge in [0.25, 0.3) is 0 Å². The van der Waals surface area contributed by atoms with Crippen LogP contribution in [0.2, 0.25) is 0 Å². The summed E-state index contributed by atoms with van der Waals surface area (Å²) in [5.41, 5.74) is 7.68. The molecule has 1 unspecified atom stereocenters. The summed E-state index contributed by atoms with van der Waals surface area (Å²) in [7, 11) is 0. The van der Waals surface area contributed by atoms with Crippen molar-refractivity contribution in [3.05, 3.63) is 42.4 Å². The fourth-order valence-corrected chi connectivity index (χ4v) is 3.06. The van der Waals surface area contributed by atoms with Crippen LogP contribution in [0.3, 0.4) is 0 Å². The molecule has 8 heteroatoms. The van der Waals surface area contributed by atoms with Crippen molar-refractivity contribution in [3.63, 3.8) is 0 Å². The van der Waals surface area contributed by atoms with Gasteiger partial charge in [0.15, 0.2) is 0 Å². The summed E-state index contributed by atoms with van der Waals surface area (Å²) in [4.78, 5) is 18.1. The van der Waals surface area contributed by atoms with Gasteiger partial charge in [-0.2, -0.15) is 10.1 Å². The van der Waals surface area contributed by atoms with Crippen molar-refractivity contribution < 1.29 is 9.32 Å². The number of nitrogens with zero attached hydrogens (tertiary/aromatic N) is 5. The number of benzene rings is 1. The van der Waals surface area contributed by atoms with Gasteiger partial charge in [0.2, 0.25) is 17.6 Å². The zero-order valence-corrected chi connectivity index (χ0v) is 13.8. The molecule has 1 atom stereocenters. The number of carbonyl (C=O) groups is 1. The second kappa shape index (κ2) is 6.04. The van der Waals surface area contributed by atoms with E-state index in [1.807, 2.05) is 37.3 Å². The minimum absolute atomic E-state index is 0.0703. The van der Waals surface area contributed by atoms with Crippen LogP contribution in [-0.4, -0.2) is 43.8 Å². The van der Waals surface area contributed by atoms with Crippen molar-refractivity contribution in [1.82, 2.24) is 24.8 Å². The van der Waals surface area contributed by atoms with E-state index in [1.54, 1.807) is 15.8 Å². The van der Waals surface area contributed by atoms with Crippen LogP contribution in [0.25, 0.3) is 17.1 Å². The minimum Gasteiger partial charge on any atom is -0.383 e. The van der Waals surface area contributed by atoms with Crippen LogP contribution in [0, 0.1) is 0 Å². The first kappa shape index (κ1) is 15.4. The van der Waals surface area contributed by atoms with Crippen LogP contribution in [0.5, 0.6) is 0 Å². The smallest absolute Gasteiger partial charge is 0.232 e. The van der Waals surface area contributed by atoms with Gasteiger partial charge in [0.05, 0.1) is 23.4 Å². The quantitative estimate of drug-likeness (QED) is 0.778. The number of rotatable bonds is 4. The molecular weight excluding hydrogens is 320 g/mol. The van der Waals surface area contributed by atoms with E-state index < -0.39 is 0 Å². The van der Waals surface area contributed by atoms with Crippen molar-refractivity contribution in [2.24, 2.45) is 0 Å². The van der Waals surface area contributed by atoms with Gasteiger partial charge in [0, 0.05) is 19.5 Å². The van der Waals surface area contributed by atoms with Crippen molar-refractivity contribution in [3.8, 4) is 17.1 Å². The average Bonchev–Trinajstić information content (AvgIpc) is 3.33. The Kier molecular flexibility index (Phi) is 3.72. The van der Waals surface area contributed by atoms with Gasteiger partial charge in [-0.1, -0.05) is 23.4 Å². The van der Waals surface area contributed by atoms with E-state index >= 15 is 0 Å². The highest BCUT2D eigenvalue weighted by molar-refractivity contribution is 5.79. The molecule has 1 aromatic carbocycles. The summed E-state index contributed by atoms with van der Waals surface area (Å²) in [6, 6.07) is 9.59. The second-order valence-corrected chi connectivity index (χ2v) is 5.98. The molecule has 1 amide bonds. The molecule has 0 aliphatic carbocycles. The normalized spacial score (nSPS) is 17.4. The molecule has 1 aliphatic rings. The van der Waals surface area contributed by atoms with Gasteiger partial charge in [0.1, 0.15) is 5.82 Å². The molecule has 1 saturated heterocycles. The molecule has 128 valence electrons. The minimum atomic E-state index is -0.0703. The van der Waals surface area contributed by atoms with E-state index in [2.05, 4.69) is 15.2 Å². The van der Waals surface area contributed by atoms with Crippen molar-refractivity contribution in [2.75, 3.05) is 18.8 Å².